The maximum absolute atomic E-state index is 12.9. The van der Waals surface area contributed by atoms with Gasteiger partial charge in [0.1, 0.15) is 5.54 Å². The molecule has 26 heavy (non-hydrogen) atoms. The number of nitrogens with one attached hydrogen (secondary N) is 1. The minimum atomic E-state index is -1.08. The van der Waals surface area contributed by atoms with Gasteiger partial charge in [0.15, 0.2) is 0 Å². The van der Waals surface area contributed by atoms with Crippen molar-refractivity contribution < 1.29 is 19.1 Å². The van der Waals surface area contributed by atoms with Gasteiger partial charge in [0.2, 0.25) is 0 Å². The Balaban J connectivity index is 1.67. The summed E-state index contributed by atoms with van der Waals surface area (Å²) in [6, 6.07) is 5.55. The standard InChI is InChI=1S/C20H26N2O4/c1-3-4-12-26-17(23)10-11-22-18(24)20(2,21-19(22)25)16-9-8-14-6-5-7-15(14)13-16/h8-9,13H,3-7,10-12H2,1-2H3,(H,21,25)/t20-/m0/s1. The summed E-state index contributed by atoms with van der Waals surface area (Å²) >= 11 is 0. The first-order valence-corrected chi connectivity index (χ1v) is 9.37. The molecule has 0 unspecified atom stereocenters. The summed E-state index contributed by atoms with van der Waals surface area (Å²) in [6.07, 6.45) is 4.98. The van der Waals surface area contributed by atoms with Crippen LogP contribution in [0, 0.1) is 0 Å². The van der Waals surface area contributed by atoms with Crippen molar-refractivity contribution in [3.8, 4) is 0 Å². The monoisotopic (exact) mass is 358 g/mol. The molecular formula is C20H26N2O4. The SMILES string of the molecule is CCCCOC(=O)CCN1C(=O)N[C@@](C)(c2ccc3c(c2)CCC3)C1=O. The van der Waals surface area contributed by atoms with E-state index in [1.165, 1.54) is 11.1 Å². The average Bonchev–Trinajstić information content (AvgIpc) is 3.17. The zero-order valence-corrected chi connectivity index (χ0v) is 15.5. The number of hydrogen-bond donors (Lipinski definition) is 1. The summed E-state index contributed by atoms with van der Waals surface area (Å²) in [5, 5.41) is 2.80. The minimum absolute atomic E-state index is 0.0170. The third-order valence-electron chi connectivity index (χ3n) is 5.25. The van der Waals surface area contributed by atoms with E-state index in [-0.39, 0.29) is 24.8 Å². The highest BCUT2D eigenvalue weighted by Gasteiger charge is 2.49. The van der Waals surface area contributed by atoms with Crippen LogP contribution in [0.3, 0.4) is 0 Å². The van der Waals surface area contributed by atoms with Crippen LogP contribution in [0.4, 0.5) is 4.79 Å². The molecule has 6 nitrogen and oxygen atoms in total. The first-order valence-electron chi connectivity index (χ1n) is 9.37. The van der Waals surface area contributed by atoms with Gasteiger partial charge in [-0.1, -0.05) is 31.5 Å². The molecule has 1 aliphatic carbocycles. The van der Waals surface area contributed by atoms with E-state index >= 15 is 0 Å². The van der Waals surface area contributed by atoms with Gasteiger partial charge < -0.3 is 10.1 Å². The molecule has 2 aliphatic rings. The van der Waals surface area contributed by atoms with Gasteiger partial charge in [-0.2, -0.15) is 0 Å². The van der Waals surface area contributed by atoms with Crippen LogP contribution in [0.1, 0.15) is 56.2 Å². The molecule has 140 valence electrons. The first-order chi connectivity index (χ1) is 12.5. The molecule has 1 N–H and O–H groups in total. The molecule has 1 heterocycles. The number of unbranched alkanes of at least 4 members (excludes halogenated alkanes) is 1. The van der Waals surface area contributed by atoms with Gasteiger partial charge >= 0.3 is 12.0 Å². The molecule has 1 aromatic carbocycles. The van der Waals surface area contributed by atoms with Crippen molar-refractivity contribution in [2.24, 2.45) is 0 Å². The third kappa shape index (κ3) is 3.45. The van der Waals surface area contributed by atoms with E-state index < -0.39 is 11.6 Å². The van der Waals surface area contributed by atoms with E-state index in [1.807, 2.05) is 19.1 Å². The summed E-state index contributed by atoms with van der Waals surface area (Å²) in [5.41, 5.74) is 2.29. The third-order valence-corrected chi connectivity index (χ3v) is 5.25. The van der Waals surface area contributed by atoms with Gasteiger partial charge in [-0.3, -0.25) is 14.5 Å². The fourth-order valence-corrected chi connectivity index (χ4v) is 3.58. The smallest absolute Gasteiger partial charge is 0.325 e. The fraction of sp³-hybridized carbons (Fsp3) is 0.550. The minimum Gasteiger partial charge on any atom is -0.466 e. The number of fused-ring (bicyclic) bond motifs is 1. The number of carbonyl (C=O) groups excluding carboxylic acids is 3. The highest BCUT2D eigenvalue weighted by atomic mass is 16.5. The molecule has 0 radical (unpaired) electrons. The highest BCUT2D eigenvalue weighted by molar-refractivity contribution is 6.07. The number of esters is 1. The van der Waals surface area contributed by atoms with E-state index in [4.69, 9.17) is 4.74 Å². The Kier molecular flexibility index (Phi) is 5.30. The zero-order chi connectivity index (χ0) is 18.7. The molecule has 3 amide bonds. The molecule has 0 aromatic heterocycles. The Morgan fingerprint density at radius 1 is 1.27 bits per heavy atom. The fourth-order valence-electron chi connectivity index (χ4n) is 3.58. The quantitative estimate of drug-likeness (QED) is 0.462. The number of urea groups is 1. The van der Waals surface area contributed by atoms with Crippen molar-refractivity contribution in [2.45, 2.75) is 57.9 Å². The van der Waals surface area contributed by atoms with Crippen LogP contribution in [0.15, 0.2) is 18.2 Å². The predicted octanol–water partition coefficient (Wildman–Crippen LogP) is 2.68. The lowest BCUT2D eigenvalue weighted by Gasteiger charge is -2.23. The Hall–Kier alpha value is -2.37. The number of hydrogen-bond acceptors (Lipinski definition) is 4. The number of ether oxygens (including phenoxy) is 1. The van der Waals surface area contributed by atoms with Crippen LogP contribution >= 0.6 is 0 Å². The largest absolute Gasteiger partial charge is 0.466 e. The summed E-state index contributed by atoms with van der Waals surface area (Å²) in [4.78, 5) is 38.1. The van der Waals surface area contributed by atoms with Crippen LogP contribution in [0.25, 0.3) is 0 Å². The molecule has 0 saturated carbocycles. The topological polar surface area (TPSA) is 75.7 Å². The molecule has 0 bridgehead atoms. The van der Waals surface area contributed by atoms with E-state index in [0.717, 1.165) is 42.6 Å². The van der Waals surface area contributed by atoms with Gasteiger partial charge in [0, 0.05) is 6.54 Å². The van der Waals surface area contributed by atoms with Crippen molar-refractivity contribution in [1.29, 1.82) is 0 Å². The first kappa shape index (κ1) is 18.4. The van der Waals surface area contributed by atoms with Crippen molar-refractivity contribution in [3.05, 3.63) is 34.9 Å². The van der Waals surface area contributed by atoms with Crippen molar-refractivity contribution in [1.82, 2.24) is 10.2 Å². The van der Waals surface area contributed by atoms with E-state index in [9.17, 15) is 14.4 Å². The molecule has 1 fully saturated rings. The van der Waals surface area contributed by atoms with E-state index in [1.54, 1.807) is 6.92 Å². The van der Waals surface area contributed by atoms with Gasteiger partial charge in [0.05, 0.1) is 13.0 Å². The lowest BCUT2D eigenvalue weighted by Crippen LogP contribution is -2.41. The summed E-state index contributed by atoms with van der Waals surface area (Å²) in [5.74, 6) is -0.702. The number of benzene rings is 1. The highest BCUT2D eigenvalue weighted by Crippen LogP contribution is 2.32. The number of carbonyl (C=O) groups is 3. The summed E-state index contributed by atoms with van der Waals surface area (Å²) < 4.78 is 5.09. The van der Waals surface area contributed by atoms with Gasteiger partial charge in [0.25, 0.3) is 5.91 Å². The number of imide groups is 1. The number of rotatable bonds is 7. The van der Waals surface area contributed by atoms with Crippen LogP contribution in [-0.2, 0) is 32.7 Å². The number of amides is 3. The molecule has 1 atom stereocenters. The van der Waals surface area contributed by atoms with Crippen LogP contribution in [0.2, 0.25) is 0 Å². The Labute approximate surface area is 153 Å². The molecule has 0 spiro atoms. The lowest BCUT2D eigenvalue weighted by molar-refractivity contribution is -0.144. The Bertz CT molecular complexity index is 731. The number of nitrogens with zero attached hydrogens (tertiary/aromatic N) is 1. The predicted molar refractivity (Wildman–Crippen MR) is 96.5 cm³/mol. The second-order valence-corrected chi connectivity index (χ2v) is 7.17. The number of aryl methyl sites for hydroxylation is 2. The Morgan fingerprint density at radius 3 is 2.81 bits per heavy atom. The summed E-state index contributed by atoms with van der Waals surface area (Å²) in [6.45, 7) is 4.16. The molecule has 1 aromatic rings. The van der Waals surface area contributed by atoms with Gasteiger partial charge in [-0.25, -0.2) is 4.79 Å². The molecule has 1 aliphatic heterocycles. The van der Waals surface area contributed by atoms with Crippen LogP contribution in [0.5, 0.6) is 0 Å². The van der Waals surface area contributed by atoms with Crippen molar-refractivity contribution >= 4 is 17.9 Å². The second-order valence-electron chi connectivity index (χ2n) is 7.17. The van der Waals surface area contributed by atoms with Crippen LogP contribution in [-0.4, -0.2) is 36.0 Å². The molecule has 6 heteroatoms. The van der Waals surface area contributed by atoms with Crippen molar-refractivity contribution in [3.63, 3.8) is 0 Å². The van der Waals surface area contributed by atoms with Gasteiger partial charge in [-0.15, -0.1) is 0 Å². The maximum Gasteiger partial charge on any atom is 0.325 e. The van der Waals surface area contributed by atoms with E-state index in [0.29, 0.717) is 6.61 Å². The lowest BCUT2D eigenvalue weighted by atomic mass is 9.89. The molecule has 1 saturated heterocycles. The maximum atomic E-state index is 12.9. The normalized spacial score (nSPS) is 21.7. The zero-order valence-electron chi connectivity index (χ0n) is 15.5. The second kappa shape index (κ2) is 7.48. The molecule has 3 rings (SSSR count). The average molecular weight is 358 g/mol. The van der Waals surface area contributed by atoms with Crippen LogP contribution < -0.4 is 5.32 Å². The summed E-state index contributed by atoms with van der Waals surface area (Å²) in [7, 11) is 0. The molecular weight excluding hydrogens is 332 g/mol. The van der Waals surface area contributed by atoms with Crippen molar-refractivity contribution in [2.75, 3.05) is 13.2 Å². The van der Waals surface area contributed by atoms with E-state index in [2.05, 4.69) is 11.4 Å². The Morgan fingerprint density at radius 2 is 2.04 bits per heavy atom. The van der Waals surface area contributed by atoms with Gasteiger partial charge in [-0.05, 0) is 49.3 Å².